The van der Waals surface area contributed by atoms with Crippen molar-refractivity contribution in [2.75, 3.05) is 6.54 Å². The first-order valence-corrected chi connectivity index (χ1v) is 6.67. The fraction of sp³-hybridized carbons (Fsp3) is 0.500. The highest BCUT2D eigenvalue weighted by Gasteiger charge is 2.08. The second-order valence-corrected chi connectivity index (χ2v) is 5.09. The summed E-state index contributed by atoms with van der Waals surface area (Å²) in [6, 6.07) is 2.38. The molecule has 0 radical (unpaired) electrons. The molecule has 5 heteroatoms. The Kier molecular flexibility index (Phi) is 3.91. The Balaban J connectivity index is 1.81. The third kappa shape index (κ3) is 3.14. The van der Waals surface area contributed by atoms with Crippen molar-refractivity contribution in [3.63, 3.8) is 0 Å². The zero-order valence-electron chi connectivity index (χ0n) is 10.5. The molecule has 0 fully saturated rings. The summed E-state index contributed by atoms with van der Waals surface area (Å²) in [7, 11) is 1.98. The largest absolute Gasteiger partial charge is 0.308 e. The van der Waals surface area contributed by atoms with Crippen LogP contribution in [0.1, 0.15) is 29.4 Å². The lowest BCUT2D eigenvalue weighted by molar-refractivity contribution is 0.561. The minimum absolute atomic E-state index is 0.321. The van der Waals surface area contributed by atoms with E-state index in [1.165, 1.54) is 5.69 Å². The van der Waals surface area contributed by atoms with E-state index in [2.05, 4.69) is 33.8 Å². The fourth-order valence-electron chi connectivity index (χ4n) is 1.72. The maximum Gasteiger partial charge on any atom is 0.110 e. The molecule has 2 aromatic heterocycles. The standard InChI is InChI=1S/C12H18N4S/c1-9-8-17-12(15-9)10(2)13-6-4-11-5-7-14-16(11)3/h5,7-8,10,13H,4,6H2,1-3H3. The minimum atomic E-state index is 0.321. The van der Waals surface area contributed by atoms with Gasteiger partial charge in [0.15, 0.2) is 0 Å². The van der Waals surface area contributed by atoms with E-state index >= 15 is 0 Å². The summed E-state index contributed by atoms with van der Waals surface area (Å²) in [5, 5.41) is 10.9. The zero-order chi connectivity index (χ0) is 12.3. The van der Waals surface area contributed by atoms with Crippen molar-refractivity contribution in [2.45, 2.75) is 26.3 Å². The molecule has 0 aliphatic carbocycles. The van der Waals surface area contributed by atoms with Crippen molar-refractivity contribution in [1.82, 2.24) is 20.1 Å². The molecule has 0 aliphatic rings. The number of hydrogen-bond donors (Lipinski definition) is 1. The van der Waals surface area contributed by atoms with Gasteiger partial charge < -0.3 is 5.32 Å². The van der Waals surface area contributed by atoms with Crippen molar-refractivity contribution in [3.05, 3.63) is 34.0 Å². The van der Waals surface area contributed by atoms with E-state index in [0.29, 0.717) is 6.04 Å². The molecule has 17 heavy (non-hydrogen) atoms. The van der Waals surface area contributed by atoms with Crippen LogP contribution in [0.25, 0.3) is 0 Å². The Morgan fingerprint density at radius 1 is 1.53 bits per heavy atom. The first-order chi connectivity index (χ1) is 8.16. The van der Waals surface area contributed by atoms with Crippen LogP contribution in [0.3, 0.4) is 0 Å². The van der Waals surface area contributed by atoms with E-state index in [4.69, 9.17) is 0 Å². The summed E-state index contributed by atoms with van der Waals surface area (Å²) >= 11 is 1.72. The zero-order valence-corrected chi connectivity index (χ0v) is 11.3. The van der Waals surface area contributed by atoms with Crippen LogP contribution in [0.15, 0.2) is 17.6 Å². The van der Waals surface area contributed by atoms with Gasteiger partial charge in [-0.15, -0.1) is 11.3 Å². The Morgan fingerprint density at radius 2 is 2.35 bits per heavy atom. The van der Waals surface area contributed by atoms with E-state index < -0.39 is 0 Å². The Labute approximate surface area is 106 Å². The molecule has 0 spiro atoms. The number of thiazole rings is 1. The van der Waals surface area contributed by atoms with Gasteiger partial charge in [0.1, 0.15) is 5.01 Å². The molecule has 2 rings (SSSR count). The van der Waals surface area contributed by atoms with E-state index in [1.807, 2.05) is 24.9 Å². The molecule has 92 valence electrons. The molecule has 0 amide bonds. The molecule has 1 unspecified atom stereocenters. The van der Waals surface area contributed by atoms with Crippen LogP contribution < -0.4 is 5.32 Å². The summed E-state index contributed by atoms with van der Waals surface area (Å²) in [6.45, 7) is 5.13. The van der Waals surface area contributed by atoms with E-state index in [9.17, 15) is 0 Å². The van der Waals surface area contributed by atoms with Crippen molar-refractivity contribution < 1.29 is 0 Å². The molecule has 0 aliphatic heterocycles. The molecule has 1 N–H and O–H groups in total. The van der Waals surface area contributed by atoms with Crippen LogP contribution in [0.2, 0.25) is 0 Å². The fourth-order valence-corrected chi connectivity index (χ4v) is 2.55. The maximum absolute atomic E-state index is 4.48. The molecule has 0 saturated carbocycles. The Hall–Kier alpha value is -1.20. The van der Waals surface area contributed by atoms with Gasteiger partial charge in [0.25, 0.3) is 0 Å². The number of nitrogens with zero attached hydrogens (tertiary/aromatic N) is 3. The molecule has 2 aromatic rings. The smallest absolute Gasteiger partial charge is 0.110 e. The van der Waals surface area contributed by atoms with Crippen molar-refractivity contribution in [3.8, 4) is 0 Å². The second kappa shape index (κ2) is 5.42. The molecule has 1 atom stereocenters. The quantitative estimate of drug-likeness (QED) is 0.883. The van der Waals surface area contributed by atoms with Crippen LogP contribution in [0.5, 0.6) is 0 Å². The van der Waals surface area contributed by atoms with Gasteiger partial charge in [-0.25, -0.2) is 4.98 Å². The highest BCUT2D eigenvalue weighted by Crippen LogP contribution is 2.17. The lowest BCUT2D eigenvalue weighted by Crippen LogP contribution is -2.22. The van der Waals surface area contributed by atoms with Crippen LogP contribution in [-0.2, 0) is 13.5 Å². The molecular formula is C12H18N4S. The maximum atomic E-state index is 4.48. The lowest BCUT2D eigenvalue weighted by Gasteiger charge is -2.10. The van der Waals surface area contributed by atoms with Crippen LogP contribution >= 0.6 is 11.3 Å². The van der Waals surface area contributed by atoms with Crippen LogP contribution in [0.4, 0.5) is 0 Å². The van der Waals surface area contributed by atoms with Gasteiger partial charge in [-0.05, 0) is 19.9 Å². The molecule has 4 nitrogen and oxygen atoms in total. The monoisotopic (exact) mass is 250 g/mol. The highest BCUT2D eigenvalue weighted by atomic mass is 32.1. The van der Waals surface area contributed by atoms with Gasteiger partial charge in [0, 0.05) is 43.0 Å². The van der Waals surface area contributed by atoms with Crippen molar-refractivity contribution >= 4 is 11.3 Å². The number of hydrogen-bond acceptors (Lipinski definition) is 4. The average molecular weight is 250 g/mol. The Bertz CT molecular complexity index is 474. The summed E-state index contributed by atoms with van der Waals surface area (Å²) in [5.41, 5.74) is 2.35. The van der Waals surface area contributed by atoms with Gasteiger partial charge in [-0.1, -0.05) is 0 Å². The normalized spacial score (nSPS) is 12.9. The number of rotatable bonds is 5. The minimum Gasteiger partial charge on any atom is -0.308 e. The summed E-state index contributed by atoms with van der Waals surface area (Å²) in [5.74, 6) is 0. The summed E-state index contributed by atoms with van der Waals surface area (Å²) in [4.78, 5) is 4.48. The van der Waals surface area contributed by atoms with Gasteiger partial charge in [0.05, 0.1) is 6.04 Å². The summed E-state index contributed by atoms with van der Waals surface area (Å²) in [6.07, 6.45) is 2.83. The van der Waals surface area contributed by atoms with Crippen LogP contribution in [0, 0.1) is 6.92 Å². The molecule has 0 bridgehead atoms. The number of nitrogens with one attached hydrogen (secondary N) is 1. The molecule has 0 aromatic carbocycles. The van der Waals surface area contributed by atoms with E-state index in [-0.39, 0.29) is 0 Å². The number of aryl methyl sites for hydroxylation is 2. The predicted molar refractivity (Wildman–Crippen MR) is 70.2 cm³/mol. The Morgan fingerprint density at radius 3 is 2.94 bits per heavy atom. The average Bonchev–Trinajstić information content (AvgIpc) is 2.88. The van der Waals surface area contributed by atoms with Crippen molar-refractivity contribution in [2.24, 2.45) is 7.05 Å². The third-order valence-electron chi connectivity index (χ3n) is 2.76. The van der Waals surface area contributed by atoms with Gasteiger partial charge in [0.2, 0.25) is 0 Å². The first kappa shape index (κ1) is 12.3. The second-order valence-electron chi connectivity index (χ2n) is 4.20. The molecule has 2 heterocycles. The predicted octanol–water partition coefficient (Wildman–Crippen LogP) is 2.08. The highest BCUT2D eigenvalue weighted by molar-refractivity contribution is 7.09. The molecule has 0 saturated heterocycles. The van der Waals surface area contributed by atoms with E-state index in [1.54, 1.807) is 11.3 Å². The van der Waals surface area contributed by atoms with Gasteiger partial charge in [-0.2, -0.15) is 5.10 Å². The summed E-state index contributed by atoms with van der Waals surface area (Å²) < 4.78 is 1.92. The SMILES string of the molecule is Cc1csc(C(C)NCCc2ccnn2C)n1. The first-order valence-electron chi connectivity index (χ1n) is 5.79. The lowest BCUT2D eigenvalue weighted by atomic mass is 10.3. The number of aromatic nitrogens is 3. The molecular weight excluding hydrogens is 232 g/mol. The van der Waals surface area contributed by atoms with Crippen LogP contribution in [-0.4, -0.2) is 21.3 Å². The van der Waals surface area contributed by atoms with E-state index in [0.717, 1.165) is 23.7 Å². The third-order valence-corrected chi connectivity index (χ3v) is 3.91. The van der Waals surface area contributed by atoms with Crippen molar-refractivity contribution in [1.29, 1.82) is 0 Å². The van der Waals surface area contributed by atoms with Gasteiger partial charge >= 0.3 is 0 Å². The van der Waals surface area contributed by atoms with Gasteiger partial charge in [-0.3, -0.25) is 4.68 Å². The topological polar surface area (TPSA) is 42.7 Å².